The Kier molecular flexibility index (Phi) is 11.0. The van der Waals surface area contributed by atoms with Gasteiger partial charge in [0.15, 0.2) is 0 Å². The summed E-state index contributed by atoms with van der Waals surface area (Å²) in [5.74, 6) is -2.15. The number of rotatable bonds is 12. The Hall–Kier alpha value is -0.460. The molecular weight excluding hydrogens is 287 g/mol. The minimum atomic E-state index is -3.72. The standard InChI is InChI=1S/C12H25O7P/c1-4-16-11(14)12(17-10-8-7-9-13)20(15,18-5-2)19-6-3/h12-13H,4-10H2,1-3H3. The van der Waals surface area contributed by atoms with Crippen molar-refractivity contribution >= 4 is 13.6 Å². The van der Waals surface area contributed by atoms with E-state index in [-0.39, 0.29) is 33.0 Å². The highest BCUT2D eigenvalue weighted by molar-refractivity contribution is 7.55. The Bertz CT molecular complexity index is 298. The van der Waals surface area contributed by atoms with Crippen LogP contribution in [0.1, 0.15) is 33.6 Å². The van der Waals surface area contributed by atoms with Crippen LogP contribution in [0.2, 0.25) is 0 Å². The van der Waals surface area contributed by atoms with E-state index in [4.69, 9.17) is 23.6 Å². The lowest BCUT2D eigenvalue weighted by atomic mass is 10.3. The zero-order valence-electron chi connectivity index (χ0n) is 12.4. The maximum absolute atomic E-state index is 12.6. The van der Waals surface area contributed by atoms with Crippen LogP contribution in [0.4, 0.5) is 0 Å². The van der Waals surface area contributed by atoms with Gasteiger partial charge in [-0.3, -0.25) is 4.57 Å². The van der Waals surface area contributed by atoms with Crippen LogP contribution in [-0.4, -0.2) is 50.0 Å². The molecule has 0 aliphatic carbocycles. The molecule has 120 valence electrons. The van der Waals surface area contributed by atoms with Gasteiger partial charge in [0.2, 0.25) is 0 Å². The lowest BCUT2D eigenvalue weighted by Crippen LogP contribution is -2.29. The van der Waals surface area contributed by atoms with Crippen LogP contribution in [0, 0.1) is 0 Å². The van der Waals surface area contributed by atoms with Crippen molar-refractivity contribution in [2.75, 3.05) is 33.0 Å². The van der Waals surface area contributed by atoms with Crippen LogP contribution in [-0.2, 0) is 27.9 Å². The molecule has 1 N–H and O–H groups in total. The van der Waals surface area contributed by atoms with Crippen LogP contribution in [0.5, 0.6) is 0 Å². The van der Waals surface area contributed by atoms with E-state index in [0.29, 0.717) is 12.8 Å². The molecule has 0 radical (unpaired) electrons. The number of aliphatic hydroxyl groups is 1. The molecule has 0 amide bonds. The van der Waals surface area contributed by atoms with E-state index in [0.717, 1.165) is 0 Å². The summed E-state index contributed by atoms with van der Waals surface area (Å²) in [5.41, 5.74) is 0. The molecule has 0 spiro atoms. The van der Waals surface area contributed by atoms with Gasteiger partial charge in [0.25, 0.3) is 5.85 Å². The maximum atomic E-state index is 12.6. The molecule has 8 heteroatoms. The van der Waals surface area contributed by atoms with E-state index in [1.807, 2.05) is 0 Å². The lowest BCUT2D eigenvalue weighted by molar-refractivity contribution is -0.152. The highest BCUT2D eigenvalue weighted by Crippen LogP contribution is 2.53. The minimum Gasteiger partial charge on any atom is -0.464 e. The highest BCUT2D eigenvalue weighted by Gasteiger charge is 2.43. The topological polar surface area (TPSA) is 91.3 Å². The summed E-state index contributed by atoms with van der Waals surface area (Å²) in [4.78, 5) is 11.9. The third-order valence-electron chi connectivity index (χ3n) is 2.22. The van der Waals surface area contributed by atoms with E-state index < -0.39 is 19.4 Å². The Labute approximate surface area is 120 Å². The molecule has 7 nitrogen and oxygen atoms in total. The molecule has 0 aromatic rings. The maximum Gasteiger partial charge on any atom is 0.370 e. The Morgan fingerprint density at radius 3 is 2.15 bits per heavy atom. The number of hydrogen-bond acceptors (Lipinski definition) is 7. The fourth-order valence-electron chi connectivity index (χ4n) is 1.44. The van der Waals surface area contributed by atoms with E-state index in [9.17, 15) is 9.36 Å². The van der Waals surface area contributed by atoms with Gasteiger partial charge in [0, 0.05) is 13.2 Å². The largest absolute Gasteiger partial charge is 0.464 e. The Balaban J connectivity index is 4.85. The van der Waals surface area contributed by atoms with Gasteiger partial charge < -0.3 is 23.6 Å². The predicted octanol–water partition coefficient (Wildman–Crippen LogP) is 1.93. The van der Waals surface area contributed by atoms with Crippen LogP contribution in [0.25, 0.3) is 0 Å². The first kappa shape index (κ1) is 19.5. The number of hydrogen-bond donors (Lipinski definition) is 1. The third kappa shape index (κ3) is 6.81. The number of esters is 1. The van der Waals surface area contributed by atoms with Crippen molar-refractivity contribution in [3.63, 3.8) is 0 Å². The van der Waals surface area contributed by atoms with Crippen molar-refractivity contribution in [1.29, 1.82) is 0 Å². The first-order valence-electron chi connectivity index (χ1n) is 6.83. The van der Waals surface area contributed by atoms with E-state index in [1.54, 1.807) is 20.8 Å². The summed E-state index contributed by atoms with van der Waals surface area (Å²) in [6, 6.07) is 0. The quantitative estimate of drug-likeness (QED) is 0.334. The highest BCUT2D eigenvalue weighted by atomic mass is 31.2. The van der Waals surface area contributed by atoms with Crippen LogP contribution in [0.3, 0.4) is 0 Å². The van der Waals surface area contributed by atoms with Gasteiger partial charge >= 0.3 is 13.6 Å². The Morgan fingerprint density at radius 1 is 1.10 bits per heavy atom. The van der Waals surface area contributed by atoms with Gasteiger partial charge in [-0.15, -0.1) is 0 Å². The monoisotopic (exact) mass is 312 g/mol. The summed E-state index contributed by atoms with van der Waals surface area (Å²) >= 11 is 0. The summed E-state index contributed by atoms with van der Waals surface area (Å²) < 4.78 is 33.0. The van der Waals surface area contributed by atoms with Crippen LogP contribution < -0.4 is 0 Å². The van der Waals surface area contributed by atoms with Gasteiger partial charge in [0.05, 0.1) is 19.8 Å². The third-order valence-corrected chi connectivity index (χ3v) is 4.39. The molecule has 0 saturated carbocycles. The molecule has 0 aromatic carbocycles. The molecule has 0 aliphatic rings. The Morgan fingerprint density at radius 2 is 1.70 bits per heavy atom. The fraction of sp³-hybridized carbons (Fsp3) is 0.917. The van der Waals surface area contributed by atoms with Crippen molar-refractivity contribution in [2.45, 2.75) is 39.5 Å². The normalized spacial score (nSPS) is 13.2. The molecule has 0 heterocycles. The summed E-state index contributed by atoms with van der Waals surface area (Å²) in [6.45, 7) is 5.55. The number of ether oxygens (including phenoxy) is 2. The molecule has 0 rings (SSSR count). The molecule has 1 unspecified atom stereocenters. The number of carbonyl (C=O) groups is 1. The van der Waals surface area contributed by atoms with Crippen LogP contribution in [0.15, 0.2) is 0 Å². The predicted molar refractivity (Wildman–Crippen MR) is 73.6 cm³/mol. The number of aliphatic hydroxyl groups excluding tert-OH is 1. The molecule has 0 fully saturated rings. The second-order valence-corrected chi connectivity index (χ2v) is 5.85. The summed E-state index contributed by atoms with van der Waals surface area (Å²) in [5, 5.41) is 8.70. The van der Waals surface area contributed by atoms with Crippen LogP contribution >= 0.6 is 7.60 Å². The van der Waals surface area contributed by atoms with Crippen molar-refractivity contribution in [3.05, 3.63) is 0 Å². The fourth-order valence-corrected chi connectivity index (χ4v) is 3.13. The van der Waals surface area contributed by atoms with Crippen molar-refractivity contribution < 1.29 is 33.0 Å². The summed E-state index contributed by atoms with van der Waals surface area (Å²) in [6.07, 6.45) is 1.06. The van der Waals surface area contributed by atoms with Crippen molar-refractivity contribution in [2.24, 2.45) is 0 Å². The van der Waals surface area contributed by atoms with Gasteiger partial charge in [0.1, 0.15) is 0 Å². The number of unbranched alkanes of at least 4 members (excludes halogenated alkanes) is 1. The van der Waals surface area contributed by atoms with Crippen molar-refractivity contribution in [3.8, 4) is 0 Å². The second kappa shape index (κ2) is 11.2. The zero-order valence-corrected chi connectivity index (χ0v) is 13.3. The molecule has 0 aromatic heterocycles. The minimum absolute atomic E-state index is 0.0298. The van der Waals surface area contributed by atoms with Gasteiger partial charge in [-0.1, -0.05) is 0 Å². The average molecular weight is 312 g/mol. The first-order valence-corrected chi connectivity index (χ1v) is 8.44. The molecule has 0 aliphatic heterocycles. The smallest absolute Gasteiger partial charge is 0.370 e. The lowest BCUT2D eigenvalue weighted by Gasteiger charge is -2.24. The SMILES string of the molecule is CCOC(=O)C(OCCCCO)P(=O)(OCC)OCC. The zero-order chi connectivity index (χ0) is 15.4. The van der Waals surface area contributed by atoms with Gasteiger partial charge in [-0.2, -0.15) is 0 Å². The van der Waals surface area contributed by atoms with E-state index in [1.165, 1.54) is 0 Å². The molecule has 20 heavy (non-hydrogen) atoms. The first-order chi connectivity index (χ1) is 9.55. The average Bonchev–Trinajstić information content (AvgIpc) is 2.39. The molecular formula is C12H25O7P. The molecule has 0 saturated heterocycles. The van der Waals surface area contributed by atoms with E-state index >= 15 is 0 Å². The second-order valence-electron chi connectivity index (χ2n) is 3.78. The van der Waals surface area contributed by atoms with E-state index in [2.05, 4.69) is 0 Å². The summed E-state index contributed by atoms with van der Waals surface area (Å²) in [7, 11) is -3.72. The van der Waals surface area contributed by atoms with Gasteiger partial charge in [-0.25, -0.2) is 4.79 Å². The molecule has 1 atom stereocenters. The van der Waals surface area contributed by atoms with Gasteiger partial charge in [-0.05, 0) is 33.6 Å². The van der Waals surface area contributed by atoms with Crippen molar-refractivity contribution in [1.82, 2.24) is 0 Å². The molecule has 0 bridgehead atoms. The number of carbonyl (C=O) groups excluding carboxylic acids is 1.